The largest absolute Gasteiger partial charge is 0.465 e. The van der Waals surface area contributed by atoms with Crippen molar-refractivity contribution in [3.63, 3.8) is 0 Å². The van der Waals surface area contributed by atoms with Crippen LogP contribution in [-0.4, -0.2) is 30.5 Å². The molecule has 0 amide bonds. The van der Waals surface area contributed by atoms with Gasteiger partial charge in [0.25, 0.3) is 0 Å². The summed E-state index contributed by atoms with van der Waals surface area (Å²) in [6.07, 6.45) is 0. The molecule has 0 saturated heterocycles. The molecule has 27 heavy (non-hydrogen) atoms. The quantitative estimate of drug-likeness (QED) is 0.817. The fourth-order valence-electron chi connectivity index (χ4n) is 2.86. The van der Waals surface area contributed by atoms with Crippen LogP contribution in [0.15, 0.2) is 35.6 Å². The number of ether oxygens (including phenoxy) is 3. The van der Waals surface area contributed by atoms with Crippen LogP contribution in [0.3, 0.4) is 0 Å². The third kappa shape index (κ3) is 4.34. The smallest absolute Gasteiger partial charge is 0.338 e. The number of nitriles is 1. The van der Waals surface area contributed by atoms with Gasteiger partial charge in [-0.15, -0.1) is 0 Å². The zero-order chi connectivity index (χ0) is 20.4. The maximum atomic E-state index is 12.8. The van der Waals surface area contributed by atoms with Crippen LogP contribution in [0.2, 0.25) is 0 Å². The Morgan fingerprint density at radius 3 is 2.26 bits per heavy atom. The van der Waals surface area contributed by atoms with Gasteiger partial charge in [-0.3, -0.25) is 5.41 Å². The molecule has 1 heterocycles. The first kappa shape index (κ1) is 20.2. The molecule has 1 N–H and O–H groups in total. The molecule has 1 aromatic carbocycles. The first-order valence-electron chi connectivity index (χ1n) is 8.37. The van der Waals surface area contributed by atoms with Gasteiger partial charge in [-0.25, -0.2) is 9.59 Å². The number of carbonyl (C=O) groups excluding carboxylic acids is 2. The van der Waals surface area contributed by atoms with E-state index in [1.807, 2.05) is 6.07 Å². The fourth-order valence-corrected chi connectivity index (χ4v) is 2.86. The lowest BCUT2D eigenvalue weighted by Crippen LogP contribution is -2.35. The Hall–Kier alpha value is -3.14. The van der Waals surface area contributed by atoms with Gasteiger partial charge in [-0.1, -0.05) is 12.1 Å². The minimum Gasteiger partial charge on any atom is -0.465 e. The first-order chi connectivity index (χ1) is 12.6. The molecular weight excluding hydrogens is 348 g/mol. The number of hydrogen-bond donors (Lipinski definition) is 1. The molecule has 2 unspecified atom stereocenters. The maximum Gasteiger partial charge on any atom is 0.338 e. The van der Waals surface area contributed by atoms with Gasteiger partial charge in [-0.2, -0.15) is 5.26 Å². The van der Waals surface area contributed by atoms with Crippen molar-refractivity contribution in [1.29, 1.82) is 10.7 Å². The lowest BCUT2D eigenvalue weighted by Gasteiger charge is -2.32. The number of benzene rings is 1. The molecule has 1 aliphatic heterocycles. The summed E-state index contributed by atoms with van der Waals surface area (Å²) in [5.74, 6) is -2.82. The van der Waals surface area contributed by atoms with Gasteiger partial charge >= 0.3 is 11.9 Å². The molecule has 0 radical (unpaired) electrons. The molecule has 7 nitrogen and oxygen atoms in total. The van der Waals surface area contributed by atoms with Crippen LogP contribution >= 0.6 is 0 Å². The summed E-state index contributed by atoms with van der Waals surface area (Å²) < 4.78 is 15.5. The minimum absolute atomic E-state index is 0.193. The SMILES string of the molecule is COC(=O)c1ccc(C2C(C(=O)OC(C)(C)C)=C(C)OC(=N)C2C#N)cc1. The van der Waals surface area contributed by atoms with E-state index in [1.165, 1.54) is 7.11 Å². The van der Waals surface area contributed by atoms with E-state index < -0.39 is 29.4 Å². The van der Waals surface area contributed by atoms with Crippen LogP contribution in [-0.2, 0) is 19.0 Å². The number of rotatable bonds is 3. The average Bonchev–Trinajstić information content (AvgIpc) is 2.59. The van der Waals surface area contributed by atoms with Crippen molar-refractivity contribution in [3.05, 3.63) is 46.7 Å². The molecule has 0 saturated carbocycles. The zero-order valence-corrected chi connectivity index (χ0v) is 16.0. The summed E-state index contributed by atoms with van der Waals surface area (Å²) in [5.41, 5.74) is 0.411. The Morgan fingerprint density at radius 1 is 1.19 bits per heavy atom. The van der Waals surface area contributed by atoms with E-state index in [1.54, 1.807) is 52.0 Å². The molecule has 2 rings (SSSR count). The predicted molar refractivity (Wildman–Crippen MR) is 97.0 cm³/mol. The van der Waals surface area contributed by atoms with Crippen LogP contribution in [0.5, 0.6) is 0 Å². The number of nitrogens with zero attached hydrogens (tertiary/aromatic N) is 1. The number of allylic oxidation sites excluding steroid dienone is 1. The van der Waals surface area contributed by atoms with Crippen LogP contribution in [0, 0.1) is 22.7 Å². The third-order valence-corrected chi connectivity index (χ3v) is 4.02. The molecule has 0 fully saturated rings. The average molecular weight is 370 g/mol. The highest BCUT2D eigenvalue weighted by Gasteiger charge is 2.42. The number of esters is 2. The summed E-state index contributed by atoms with van der Waals surface area (Å²) in [5, 5.41) is 17.6. The van der Waals surface area contributed by atoms with Crippen LogP contribution in [0.1, 0.15) is 49.5 Å². The molecule has 0 aliphatic carbocycles. The molecule has 0 aromatic heterocycles. The predicted octanol–water partition coefficient (Wildman–Crippen LogP) is 3.32. The van der Waals surface area contributed by atoms with Crippen molar-refractivity contribution in [3.8, 4) is 6.07 Å². The summed E-state index contributed by atoms with van der Waals surface area (Å²) in [6.45, 7) is 6.80. The van der Waals surface area contributed by atoms with E-state index >= 15 is 0 Å². The topological polar surface area (TPSA) is 109 Å². The summed E-state index contributed by atoms with van der Waals surface area (Å²) in [4.78, 5) is 24.4. The molecule has 1 aromatic rings. The van der Waals surface area contributed by atoms with Crippen molar-refractivity contribution in [1.82, 2.24) is 0 Å². The molecule has 0 bridgehead atoms. The Bertz CT molecular complexity index is 841. The minimum atomic E-state index is -0.986. The standard InChI is InChI=1S/C20H22N2O5/c1-11-15(19(24)27-20(2,3)4)16(14(10-21)17(22)26-11)12-6-8-13(9-7-12)18(23)25-5/h6-9,14,16,22H,1-5H3. The lowest BCUT2D eigenvalue weighted by atomic mass is 9.78. The Morgan fingerprint density at radius 2 is 1.78 bits per heavy atom. The molecular formula is C20H22N2O5. The second-order valence-electron chi connectivity index (χ2n) is 7.14. The zero-order valence-electron chi connectivity index (χ0n) is 16.0. The van der Waals surface area contributed by atoms with Gasteiger partial charge in [0.05, 0.1) is 24.3 Å². The van der Waals surface area contributed by atoms with Gasteiger partial charge in [0, 0.05) is 5.92 Å². The van der Waals surface area contributed by atoms with Gasteiger partial charge in [0.2, 0.25) is 5.90 Å². The lowest BCUT2D eigenvalue weighted by molar-refractivity contribution is -0.150. The Labute approximate surface area is 158 Å². The van der Waals surface area contributed by atoms with Gasteiger partial charge < -0.3 is 14.2 Å². The van der Waals surface area contributed by atoms with E-state index in [0.717, 1.165) is 0 Å². The third-order valence-electron chi connectivity index (χ3n) is 4.02. The van der Waals surface area contributed by atoms with Gasteiger partial charge in [0.15, 0.2) is 0 Å². The van der Waals surface area contributed by atoms with Crippen LogP contribution in [0.4, 0.5) is 0 Å². The molecule has 0 spiro atoms. The van der Waals surface area contributed by atoms with Gasteiger partial charge in [0.1, 0.15) is 17.3 Å². The molecule has 142 valence electrons. The highest BCUT2D eigenvalue weighted by Crippen LogP contribution is 2.40. The van der Waals surface area contributed by atoms with Gasteiger partial charge in [-0.05, 0) is 45.4 Å². The summed E-state index contributed by atoms with van der Waals surface area (Å²) in [6, 6.07) is 8.41. The summed E-state index contributed by atoms with van der Waals surface area (Å²) >= 11 is 0. The number of nitrogens with one attached hydrogen (secondary N) is 1. The van der Waals surface area contributed by atoms with Crippen LogP contribution < -0.4 is 0 Å². The first-order valence-corrected chi connectivity index (χ1v) is 8.37. The van der Waals surface area contributed by atoms with E-state index in [0.29, 0.717) is 11.1 Å². The van der Waals surface area contributed by atoms with Crippen molar-refractivity contribution in [2.75, 3.05) is 7.11 Å². The maximum absolute atomic E-state index is 12.8. The molecule has 2 atom stereocenters. The normalized spacial score (nSPS) is 19.8. The van der Waals surface area contributed by atoms with Crippen LogP contribution in [0.25, 0.3) is 0 Å². The highest BCUT2D eigenvalue weighted by molar-refractivity contribution is 5.96. The molecule has 7 heteroatoms. The second kappa shape index (κ2) is 7.62. The summed E-state index contributed by atoms with van der Waals surface area (Å²) in [7, 11) is 1.29. The molecule has 1 aliphatic rings. The fraction of sp³-hybridized carbons (Fsp3) is 0.400. The monoisotopic (exact) mass is 370 g/mol. The van der Waals surface area contributed by atoms with Crippen molar-refractivity contribution in [2.24, 2.45) is 5.92 Å². The van der Waals surface area contributed by atoms with E-state index in [4.69, 9.17) is 14.9 Å². The number of methoxy groups -OCH3 is 1. The number of hydrogen-bond acceptors (Lipinski definition) is 7. The van der Waals surface area contributed by atoms with Crippen molar-refractivity contribution in [2.45, 2.75) is 39.2 Å². The Balaban J connectivity index is 2.54. The van der Waals surface area contributed by atoms with E-state index in [2.05, 4.69) is 4.74 Å². The van der Waals surface area contributed by atoms with Crippen molar-refractivity contribution < 1.29 is 23.8 Å². The van der Waals surface area contributed by atoms with E-state index in [9.17, 15) is 14.9 Å². The van der Waals surface area contributed by atoms with E-state index in [-0.39, 0.29) is 17.2 Å². The number of carbonyl (C=O) groups is 2. The van der Waals surface area contributed by atoms with Crippen molar-refractivity contribution >= 4 is 17.8 Å². The highest BCUT2D eigenvalue weighted by atomic mass is 16.6. The Kier molecular flexibility index (Phi) is 5.69. The second-order valence-corrected chi connectivity index (χ2v) is 7.14.